The molecule has 1 fully saturated rings. The maximum Gasteiger partial charge on any atom is 0.108 e. The van der Waals surface area contributed by atoms with Crippen molar-refractivity contribution < 1.29 is 4.74 Å². The summed E-state index contributed by atoms with van der Waals surface area (Å²) in [5.41, 5.74) is 0.919. The molecule has 84 valence electrons. The van der Waals surface area contributed by atoms with Crippen molar-refractivity contribution in [1.82, 2.24) is 20.3 Å². The van der Waals surface area contributed by atoms with Crippen LogP contribution in [0.25, 0.3) is 0 Å². The first-order chi connectivity index (χ1) is 7.38. The van der Waals surface area contributed by atoms with E-state index in [4.69, 9.17) is 4.74 Å². The molecule has 1 unspecified atom stereocenters. The number of nitrogens with zero attached hydrogens (tertiary/aromatic N) is 3. The van der Waals surface area contributed by atoms with Gasteiger partial charge in [0.15, 0.2) is 0 Å². The zero-order valence-corrected chi connectivity index (χ0v) is 9.15. The highest BCUT2D eigenvalue weighted by atomic mass is 16.5. The summed E-state index contributed by atoms with van der Waals surface area (Å²) in [7, 11) is 0. The quantitative estimate of drug-likeness (QED) is 0.765. The zero-order valence-electron chi connectivity index (χ0n) is 9.15. The van der Waals surface area contributed by atoms with Gasteiger partial charge in [0, 0.05) is 13.2 Å². The van der Waals surface area contributed by atoms with Crippen molar-refractivity contribution in [3.8, 4) is 0 Å². The van der Waals surface area contributed by atoms with Gasteiger partial charge < -0.3 is 10.1 Å². The maximum atomic E-state index is 5.27. The summed E-state index contributed by atoms with van der Waals surface area (Å²) in [6.45, 7) is 6.46. The van der Waals surface area contributed by atoms with Gasteiger partial charge in [-0.3, -0.25) is 4.68 Å². The highest BCUT2D eigenvalue weighted by Crippen LogP contribution is 2.09. The van der Waals surface area contributed by atoms with Crippen molar-refractivity contribution in [3.63, 3.8) is 0 Å². The van der Waals surface area contributed by atoms with Gasteiger partial charge in [0.2, 0.25) is 0 Å². The zero-order chi connectivity index (χ0) is 10.5. The largest absolute Gasteiger partial charge is 0.375 e. The third-order valence-corrected chi connectivity index (χ3v) is 2.65. The molecule has 2 rings (SSSR count). The van der Waals surface area contributed by atoms with Gasteiger partial charge in [0.25, 0.3) is 0 Å². The number of hydrogen-bond donors (Lipinski definition) is 1. The molecule has 0 aromatic carbocycles. The van der Waals surface area contributed by atoms with Crippen molar-refractivity contribution in [3.05, 3.63) is 11.9 Å². The van der Waals surface area contributed by atoms with Gasteiger partial charge >= 0.3 is 0 Å². The number of rotatable bonds is 5. The summed E-state index contributed by atoms with van der Waals surface area (Å²) < 4.78 is 7.20. The third kappa shape index (κ3) is 3.00. The topological polar surface area (TPSA) is 52.0 Å². The molecule has 1 N–H and O–H groups in total. The molecular weight excluding hydrogens is 192 g/mol. The molecule has 1 atom stereocenters. The smallest absolute Gasteiger partial charge is 0.108 e. The SMILES string of the molecule is CCOCc1cn(CC2CCNC2)nn1. The lowest BCUT2D eigenvalue weighted by molar-refractivity contribution is 0.131. The highest BCUT2D eigenvalue weighted by Gasteiger charge is 2.15. The second-order valence-corrected chi connectivity index (χ2v) is 3.93. The van der Waals surface area contributed by atoms with E-state index >= 15 is 0 Å². The standard InChI is InChI=1S/C10H18N4O/c1-2-15-8-10-7-14(13-12-10)6-9-3-4-11-5-9/h7,9,11H,2-6,8H2,1H3. The van der Waals surface area contributed by atoms with E-state index in [9.17, 15) is 0 Å². The molecule has 5 nitrogen and oxygen atoms in total. The third-order valence-electron chi connectivity index (χ3n) is 2.65. The minimum absolute atomic E-state index is 0.569. The van der Waals surface area contributed by atoms with Crippen molar-refractivity contribution >= 4 is 0 Å². The Labute approximate surface area is 89.8 Å². The Morgan fingerprint density at radius 3 is 3.33 bits per heavy atom. The fraction of sp³-hybridized carbons (Fsp3) is 0.800. The first-order valence-corrected chi connectivity index (χ1v) is 5.56. The Hall–Kier alpha value is -0.940. The van der Waals surface area contributed by atoms with Crippen LogP contribution in [0, 0.1) is 5.92 Å². The lowest BCUT2D eigenvalue weighted by atomic mass is 10.1. The number of aromatic nitrogens is 3. The minimum Gasteiger partial charge on any atom is -0.375 e. The molecule has 0 saturated carbocycles. The summed E-state index contributed by atoms with van der Waals surface area (Å²) in [6, 6.07) is 0. The van der Waals surface area contributed by atoms with Crippen LogP contribution in [0.1, 0.15) is 19.0 Å². The van der Waals surface area contributed by atoms with E-state index in [1.54, 1.807) is 0 Å². The molecule has 0 aliphatic carbocycles. The van der Waals surface area contributed by atoms with Crippen molar-refractivity contribution in [2.75, 3.05) is 19.7 Å². The fourth-order valence-electron chi connectivity index (χ4n) is 1.84. The monoisotopic (exact) mass is 210 g/mol. The Morgan fingerprint density at radius 1 is 1.67 bits per heavy atom. The summed E-state index contributed by atoms with van der Waals surface area (Å²) >= 11 is 0. The molecule has 1 aromatic rings. The summed E-state index contributed by atoms with van der Waals surface area (Å²) in [6.07, 6.45) is 3.22. The molecule has 1 aliphatic rings. The predicted molar refractivity (Wildman–Crippen MR) is 56.3 cm³/mol. The van der Waals surface area contributed by atoms with E-state index in [1.807, 2.05) is 17.8 Å². The van der Waals surface area contributed by atoms with Crippen molar-refractivity contribution in [1.29, 1.82) is 0 Å². The van der Waals surface area contributed by atoms with E-state index in [2.05, 4.69) is 15.6 Å². The molecule has 1 aromatic heterocycles. The van der Waals surface area contributed by atoms with Crippen molar-refractivity contribution in [2.24, 2.45) is 5.92 Å². The van der Waals surface area contributed by atoms with Gasteiger partial charge in [-0.15, -0.1) is 5.10 Å². The first kappa shape index (κ1) is 10.6. The van der Waals surface area contributed by atoms with Gasteiger partial charge in [0.05, 0.1) is 12.8 Å². The van der Waals surface area contributed by atoms with Gasteiger partial charge in [-0.2, -0.15) is 0 Å². The molecule has 0 spiro atoms. The van der Waals surface area contributed by atoms with Gasteiger partial charge in [-0.25, -0.2) is 0 Å². The average Bonchev–Trinajstić information content (AvgIpc) is 2.87. The number of nitrogens with one attached hydrogen (secondary N) is 1. The molecular formula is C10H18N4O. The van der Waals surface area contributed by atoms with Crippen LogP contribution in [0.4, 0.5) is 0 Å². The Morgan fingerprint density at radius 2 is 2.60 bits per heavy atom. The van der Waals surface area contributed by atoms with Crippen LogP contribution < -0.4 is 5.32 Å². The molecule has 0 bridgehead atoms. The molecule has 0 radical (unpaired) electrons. The number of hydrogen-bond acceptors (Lipinski definition) is 4. The Balaban J connectivity index is 1.83. The van der Waals surface area contributed by atoms with Crippen LogP contribution in [0.2, 0.25) is 0 Å². The Bertz CT molecular complexity index is 293. The first-order valence-electron chi connectivity index (χ1n) is 5.56. The predicted octanol–water partition coefficient (Wildman–Crippen LogP) is 0.424. The second kappa shape index (κ2) is 5.23. The van der Waals surface area contributed by atoms with Gasteiger partial charge in [0.1, 0.15) is 5.69 Å². The number of ether oxygens (including phenoxy) is 1. The van der Waals surface area contributed by atoms with Crippen LogP contribution >= 0.6 is 0 Å². The second-order valence-electron chi connectivity index (χ2n) is 3.93. The van der Waals surface area contributed by atoms with E-state index in [-0.39, 0.29) is 0 Å². The molecule has 15 heavy (non-hydrogen) atoms. The van der Waals surface area contributed by atoms with E-state index < -0.39 is 0 Å². The summed E-state index contributed by atoms with van der Waals surface area (Å²) in [5.74, 6) is 0.701. The van der Waals surface area contributed by atoms with Gasteiger partial charge in [-0.05, 0) is 32.4 Å². The lowest BCUT2D eigenvalue weighted by Crippen LogP contribution is -2.14. The molecule has 1 saturated heterocycles. The lowest BCUT2D eigenvalue weighted by Gasteiger charge is -2.06. The highest BCUT2D eigenvalue weighted by molar-refractivity contribution is 4.90. The van der Waals surface area contributed by atoms with Crippen LogP contribution in [0.15, 0.2) is 6.20 Å². The van der Waals surface area contributed by atoms with Crippen molar-refractivity contribution in [2.45, 2.75) is 26.5 Å². The molecule has 2 heterocycles. The van der Waals surface area contributed by atoms with Crippen LogP contribution in [-0.2, 0) is 17.9 Å². The molecule has 1 aliphatic heterocycles. The summed E-state index contributed by atoms with van der Waals surface area (Å²) in [5, 5.41) is 11.5. The minimum atomic E-state index is 0.569. The van der Waals surface area contributed by atoms with E-state index in [0.29, 0.717) is 12.5 Å². The van der Waals surface area contributed by atoms with Crippen LogP contribution in [-0.4, -0.2) is 34.7 Å². The normalized spacial score (nSPS) is 21.0. The maximum absolute atomic E-state index is 5.27. The molecule has 5 heteroatoms. The van der Waals surface area contributed by atoms with E-state index in [0.717, 1.165) is 31.9 Å². The van der Waals surface area contributed by atoms with Crippen LogP contribution in [0.5, 0.6) is 0 Å². The fourth-order valence-corrected chi connectivity index (χ4v) is 1.84. The molecule has 0 amide bonds. The van der Waals surface area contributed by atoms with E-state index in [1.165, 1.54) is 6.42 Å². The summed E-state index contributed by atoms with van der Waals surface area (Å²) in [4.78, 5) is 0. The van der Waals surface area contributed by atoms with Crippen LogP contribution in [0.3, 0.4) is 0 Å². The van der Waals surface area contributed by atoms with Gasteiger partial charge in [-0.1, -0.05) is 5.21 Å². The Kier molecular flexibility index (Phi) is 3.69. The average molecular weight is 210 g/mol.